The highest BCUT2D eigenvalue weighted by molar-refractivity contribution is 5.37. The fraction of sp³-hybridized carbons (Fsp3) is 0.600. The van der Waals surface area contributed by atoms with Crippen LogP contribution < -0.4 is 5.32 Å². The van der Waals surface area contributed by atoms with Crippen molar-refractivity contribution in [2.24, 2.45) is 0 Å². The average molecular weight is 237 g/mol. The van der Waals surface area contributed by atoms with Crippen LogP contribution in [0.5, 0.6) is 0 Å². The summed E-state index contributed by atoms with van der Waals surface area (Å²) in [5.74, 6) is 0. The Morgan fingerprint density at radius 3 is 2.12 bits per heavy atom. The molecule has 0 heterocycles. The van der Waals surface area contributed by atoms with Crippen molar-refractivity contribution >= 4 is 0 Å². The molecule has 1 aromatic carbocycles. The molecule has 0 fully saturated rings. The number of aryl methyl sites for hydroxylation is 3. The van der Waals surface area contributed by atoms with E-state index in [1.165, 1.54) is 5.56 Å². The van der Waals surface area contributed by atoms with E-state index in [1.54, 1.807) is 0 Å². The van der Waals surface area contributed by atoms with E-state index in [0.29, 0.717) is 6.54 Å². The molecule has 1 nitrogen and oxygen atoms in total. The minimum Gasteiger partial charge on any atom is -0.309 e. The summed E-state index contributed by atoms with van der Waals surface area (Å²) in [5.41, 5.74) is 4.19. The van der Waals surface area contributed by atoms with Gasteiger partial charge in [0, 0.05) is 12.1 Å². The van der Waals surface area contributed by atoms with E-state index >= 15 is 0 Å². The molecular formula is C15H24FN. The lowest BCUT2D eigenvalue weighted by Gasteiger charge is -2.23. The highest BCUT2D eigenvalue weighted by Gasteiger charge is 2.17. The molecule has 1 rings (SSSR count). The van der Waals surface area contributed by atoms with Gasteiger partial charge in [-0.05, 0) is 63.8 Å². The Bertz CT molecular complexity index is 391. The molecule has 0 amide bonds. The predicted octanol–water partition coefficient (Wildman–Crippen LogP) is 4.01. The zero-order valence-electron chi connectivity index (χ0n) is 11.8. The second-order valence-electron chi connectivity index (χ2n) is 5.89. The summed E-state index contributed by atoms with van der Waals surface area (Å²) in [7, 11) is 0. The number of benzene rings is 1. The van der Waals surface area contributed by atoms with Crippen molar-refractivity contribution in [3.8, 4) is 0 Å². The van der Waals surface area contributed by atoms with Gasteiger partial charge in [-0.3, -0.25) is 0 Å². The second-order valence-corrected chi connectivity index (χ2v) is 5.89. The van der Waals surface area contributed by atoms with Crippen molar-refractivity contribution in [1.82, 2.24) is 5.32 Å². The first-order valence-corrected chi connectivity index (χ1v) is 6.17. The fourth-order valence-corrected chi connectivity index (χ4v) is 1.83. The number of halogens is 1. The van der Waals surface area contributed by atoms with Gasteiger partial charge in [0.15, 0.2) is 0 Å². The molecule has 0 bridgehead atoms. The molecule has 0 spiro atoms. The molecule has 17 heavy (non-hydrogen) atoms. The summed E-state index contributed by atoms with van der Waals surface area (Å²) in [4.78, 5) is 0. The summed E-state index contributed by atoms with van der Waals surface area (Å²) in [5, 5.41) is 3.21. The maximum atomic E-state index is 14.2. The van der Waals surface area contributed by atoms with E-state index in [1.807, 2.05) is 40.7 Å². The maximum Gasteiger partial charge on any atom is 0.138 e. The third kappa shape index (κ3) is 4.12. The van der Waals surface area contributed by atoms with Crippen LogP contribution in [-0.2, 0) is 0 Å². The Labute approximate surface area is 104 Å². The normalized spacial score (nSPS) is 13.8. The zero-order chi connectivity index (χ0) is 13.2. The number of hydrogen-bond acceptors (Lipinski definition) is 1. The van der Waals surface area contributed by atoms with Crippen LogP contribution in [0.4, 0.5) is 4.39 Å². The molecule has 2 heteroatoms. The lowest BCUT2D eigenvalue weighted by atomic mass is 9.97. The van der Waals surface area contributed by atoms with Gasteiger partial charge in [0.25, 0.3) is 0 Å². The standard InChI is InChI=1S/C15H24FN/c1-10-7-12(3)13(8-11(10)2)14(16)9-17-15(4,5)6/h7-8,14,17H,9H2,1-6H3. The van der Waals surface area contributed by atoms with Crippen LogP contribution in [0.15, 0.2) is 12.1 Å². The predicted molar refractivity (Wildman–Crippen MR) is 72.3 cm³/mol. The molecule has 1 atom stereocenters. The van der Waals surface area contributed by atoms with E-state index < -0.39 is 6.17 Å². The molecule has 0 aromatic heterocycles. The van der Waals surface area contributed by atoms with E-state index in [0.717, 1.165) is 16.7 Å². The van der Waals surface area contributed by atoms with Crippen molar-refractivity contribution in [3.63, 3.8) is 0 Å². The summed E-state index contributed by atoms with van der Waals surface area (Å²) < 4.78 is 14.2. The van der Waals surface area contributed by atoms with Gasteiger partial charge in [0.05, 0.1) is 0 Å². The van der Waals surface area contributed by atoms with E-state index in [9.17, 15) is 4.39 Å². The summed E-state index contributed by atoms with van der Waals surface area (Å²) in [6.45, 7) is 12.6. The van der Waals surface area contributed by atoms with Gasteiger partial charge in [-0.1, -0.05) is 12.1 Å². The van der Waals surface area contributed by atoms with Gasteiger partial charge in [0.1, 0.15) is 6.17 Å². The summed E-state index contributed by atoms with van der Waals surface area (Å²) in [6.07, 6.45) is -0.937. The maximum absolute atomic E-state index is 14.2. The zero-order valence-corrected chi connectivity index (χ0v) is 11.8. The third-order valence-corrected chi connectivity index (χ3v) is 3.03. The number of nitrogens with one attached hydrogen (secondary N) is 1. The third-order valence-electron chi connectivity index (χ3n) is 3.03. The smallest absolute Gasteiger partial charge is 0.138 e. The minimum atomic E-state index is -0.937. The molecule has 0 radical (unpaired) electrons. The molecule has 1 N–H and O–H groups in total. The fourth-order valence-electron chi connectivity index (χ4n) is 1.83. The average Bonchev–Trinajstić information content (AvgIpc) is 2.19. The number of alkyl halides is 1. The quantitative estimate of drug-likeness (QED) is 0.837. The molecule has 0 aliphatic carbocycles. The van der Waals surface area contributed by atoms with Gasteiger partial charge < -0.3 is 5.32 Å². The Balaban J connectivity index is 2.82. The van der Waals surface area contributed by atoms with Crippen LogP contribution in [-0.4, -0.2) is 12.1 Å². The Morgan fingerprint density at radius 1 is 1.06 bits per heavy atom. The Kier molecular flexibility index (Phi) is 4.31. The van der Waals surface area contributed by atoms with Gasteiger partial charge >= 0.3 is 0 Å². The van der Waals surface area contributed by atoms with Crippen molar-refractivity contribution in [1.29, 1.82) is 0 Å². The van der Waals surface area contributed by atoms with E-state index in [-0.39, 0.29) is 5.54 Å². The van der Waals surface area contributed by atoms with E-state index in [2.05, 4.69) is 18.3 Å². The lowest BCUT2D eigenvalue weighted by molar-refractivity contribution is 0.290. The van der Waals surface area contributed by atoms with Crippen LogP contribution in [0.2, 0.25) is 0 Å². The molecule has 0 aliphatic rings. The van der Waals surface area contributed by atoms with Crippen LogP contribution in [0, 0.1) is 20.8 Å². The molecule has 96 valence electrons. The monoisotopic (exact) mass is 237 g/mol. The number of hydrogen-bond donors (Lipinski definition) is 1. The highest BCUT2D eigenvalue weighted by Crippen LogP contribution is 2.24. The second kappa shape index (κ2) is 5.18. The van der Waals surface area contributed by atoms with Crippen molar-refractivity contribution in [2.45, 2.75) is 53.3 Å². The van der Waals surface area contributed by atoms with Crippen molar-refractivity contribution in [2.75, 3.05) is 6.54 Å². The first-order chi connectivity index (χ1) is 7.70. The summed E-state index contributed by atoms with van der Waals surface area (Å²) >= 11 is 0. The topological polar surface area (TPSA) is 12.0 Å². The molecule has 0 aliphatic heterocycles. The largest absolute Gasteiger partial charge is 0.309 e. The molecular weight excluding hydrogens is 213 g/mol. The first kappa shape index (κ1) is 14.2. The van der Waals surface area contributed by atoms with Crippen LogP contribution in [0.25, 0.3) is 0 Å². The van der Waals surface area contributed by atoms with Gasteiger partial charge in [-0.2, -0.15) is 0 Å². The molecule has 1 aromatic rings. The molecule has 0 saturated carbocycles. The number of rotatable bonds is 3. The Hall–Kier alpha value is -0.890. The summed E-state index contributed by atoms with van der Waals surface area (Å²) in [6, 6.07) is 4.04. The SMILES string of the molecule is Cc1cc(C)c(C(F)CNC(C)(C)C)cc1C. The van der Waals surface area contributed by atoms with Gasteiger partial charge in [0.2, 0.25) is 0 Å². The van der Waals surface area contributed by atoms with Crippen LogP contribution in [0.3, 0.4) is 0 Å². The molecule has 0 saturated heterocycles. The van der Waals surface area contributed by atoms with Gasteiger partial charge in [-0.25, -0.2) is 4.39 Å². The highest BCUT2D eigenvalue weighted by atomic mass is 19.1. The molecule has 1 unspecified atom stereocenters. The van der Waals surface area contributed by atoms with Gasteiger partial charge in [-0.15, -0.1) is 0 Å². The van der Waals surface area contributed by atoms with E-state index in [4.69, 9.17) is 0 Å². The van der Waals surface area contributed by atoms with Crippen molar-refractivity contribution in [3.05, 3.63) is 34.4 Å². The first-order valence-electron chi connectivity index (χ1n) is 6.17. The van der Waals surface area contributed by atoms with Crippen LogP contribution in [0.1, 0.15) is 49.2 Å². The minimum absolute atomic E-state index is 0.0437. The Morgan fingerprint density at radius 2 is 1.59 bits per heavy atom. The lowest BCUT2D eigenvalue weighted by Crippen LogP contribution is -2.38. The van der Waals surface area contributed by atoms with Crippen LogP contribution >= 0.6 is 0 Å². The van der Waals surface area contributed by atoms with Crippen molar-refractivity contribution < 1.29 is 4.39 Å².